The van der Waals surface area contributed by atoms with Gasteiger partial charge in [-0.05, 0) is 26.2 Å². The Kier molecular flexibility index (Phi) is 4.54. The summed E-state index contributed by atoms with van der Waals surface area (Å²) in [5.74, 6) is 1.55. The topological polar surface area (TPSA) is 78.9 Å². The predicted molar refractivity (Wildman–Crippen MR) is 75.2 cm³/mol. The third-order valence-electron chi connectivity index (χ3n) is 2.99. The van der Waals surface area contributed by atoms with Gasteiger partial charge in [0.25, 0.3) is 0 Å². The van der Waals surface area contributed by atoms with Gasteiger partial charge in [-0.2, -0.15) is 0 Å². The molecule has 0 unspecified atom stereocenters. The van der Waals surface area contributed by atoms with Crippen molar-refractivity contribution in [3.8, 4) is 0 Å². The molecule has 0 spiro atoms. The minimum Gasteiger partial charge on any atom is -0.370 e. The number of amides is 1. The Morgan fingerprint density at radius 2 is 2.00 bits per heavy atom. The maximum atomic E-state index is 11.6. The molecule has 0 radical (unpaired) electrons. The second-order valence-corrected chi connectivity index (χ2v) is 4.82. The average molecular weight is 263 g/mol. The van der Waals surface area contributed by atoms with Crippen molar-refractivity contribution in [3.63, 3.8) is 0 Å². The van der Waals surface area contributed by atoms with Crippen LogP contribution < -0.4 is 16.0 Å². The van der Waals surface area contributed by atoms with Gasteiger partial charge in [0.2, 0.25) is 5.91 Å². The molecule has 19 heavy (non-hydrogen) atoms. The molecular formula is C13H21N5O. The number of rotatable bonds is 7. The van der Waals surface area contributed by atoms with Gasteiger partial charge in [-0.15, -0.1) is 0 Å². The Morgan fingerprint density at radius 3 is 2.63 bits per heavy atom. The maximum Gasteiger partial charge on any atom is 0.239 e. The molecule has 1 aliphatic rings. The number of nitrogens with zero attached hydrogens (tertiary/aromatic N) is 2. The molecule has 2 rings (SSSR count). The van der Waals surface area contributed by atoms with Crippen molar-refractivity contribution in [1.82, 2.24) is 15.3 Å². The first-order chi connectivity index (χ1) is 9.20. The number of carbonyl (C=O) groups excluding carboxylic acids is 1. The number of hydrogen-bond donors (Lipinski definition) is 3. The van der Waals surface area contributed by atoms with Crippen LogP contribution in [0.15, 0.2) is 6.33 Å². The van der Waals surface area contributed by atoms with E-state index >= 15 is 0 Å². The van der Waals surface area contributed by atoms with Crippen molar-refractivity contribution in [3.05, 3.63) is 11.9 Å². The molecule has 1 amide bonds. The Balaban J connectivity index is 1.89. The lowest BCUT2D eigenvalue weighted by molar-refractivity contribution is -0.119. The van der Waals surface area contributed by atoms with Crippen LogP contribution in [0.25, 0.3) is 0 Å². The van der Waals surface area contributed by atoms with E-state index in [0.29, 0.717) is 11.9 Å². The number of hydrogen-bond acceptors (Lipinski definition) is 5. The smallest absolute Gasteiger partial charge is 0.239 e. The molecule has 6 nitrogen and oxygen atoms in total. The largest absolute Gasteiger partial charge is 0.370 e. The molecule has 1 aromatic heterocycles. The van der Waals surface area contributed by atoms with E-state index in [4.69, 9.17) is 0 Å². The van der Waals surface area contributed by atoms with E-state index in [9.17, 15) is 4.79 Å². The molecule has 0 bridgehead atoms. The quantitative estimate of drug-likeness (QED) is 0.691. The van der Waals surface area contributed by atoms with Crippen molar-refractivity contribution < 1.29 is 4.79 Å². The van der Waals surface area contributed by atoms with Crippen LogP contribution in [0.1, 0.15) is 31.7 Å². The third kappa shape index (κ3) is 4.08. The predicted octanol–water partition coefficient (Wildman–Crippen LogP) is 1.30. The zero-order valence-corrected chi connectivity index (χ0v) is 11.5. The highest BCUT2D eigenvalue weighted by atomic mass is 16.2. The molecule has 1 aliphatic carbocycles. The highest BCUT2D eigenvalue weighted by molar-refractivity contribution is 5.81. The fourth-order valence-corrected chi connectivity index (χ4v) is 1.72. The minimum absolute atomic E-state index is 0.0172. The van der Waals surface area contributed by atoms with Crippen molar-refractivity contribution >= 4 is 17.5 Å². The van der Waals surface area contributed by atoms with Gasteiger partial charge in [0, 0.05) is 18.2 Å². The molecular weight excluding hydrogens is 242 g/mol. The van der Waals surface area contributed by atoms with Crippen LogP contribution in [0.5, 0.6) is 0 Å². The Morgan fingerprint density at radius 1 is 1.32 bits per heavy atom. The van der Waals surface area contributed by atoms with Gasteiger partial charge in [0.05, 0.1) is 6.54 Å². The summed E-state index contributed by atoms with van der Waals surface area (Å²) in [6.45, 7) is 5.17. The van der Waals surface area contributed by atoms with E-state index in [1.165, 1.54) is 6.33 Å². The fraction of sp³-hybridized carbons (Fsp3) is 0.615. The summed E-state index contributed by atoms with van der Waals surface area (Å²) >= 11 is 0. The second kappa shape index (κ2) is 6.36. The summed E-state index contributed by atoms with van der Waals surface area (Å²) in [4.78, 5) is 20.0. The van der Waals surface area contributed by atoms with E-state index < -0.39 is 0 Å². The van der Waals surface area contributed by atoms with Gasteiger partial charge in [-0.25, -0.2) is 9.97 Å². The first kappa shape index (κ1) is 13.6. The van der Waals surface area contributed by atoms with Crippen LogP contribution in [-0.2, 0) is 4.79 Å². The van der Waals surface area contributed by atoms with Crippen molar-refractivity contribution in [1.29, 1.82) is 0 Å². The number of anilines is 2. The lowest BCUT2D eigenvalue weighted by Crippen LogP contribution is -2.31. The summed E-state index contributed by atoms with van der Waals surface area (Å²) in [7, 11) is 0. The molecule has 3 N–H and O–H groups in total. The summed E-state index contributed by atoms with van der Waals surface area (Å²) in [5, 5.41) is 9.23. The van der Waals surface area contributed by atoms with Crippen molar-refractivity contribution in [2.45, 2.75) is 39.2 Å². The van der Waals surface area contributed by atoms with Crippen LogP contribution in [0, 0.1) is 6.92 Å². The first-order valence-electron chi connectivity index (χ1n) is 6.79. The van der Waals surface area contributed by atoms with Gasteiger partial charge < -0.3 is 16.0 Å². The van der Waals surface area contributed by atoms with Crippen LogP contribution in [0.4, 0.5) is 11.6 Å². The molecule has 0 aliphatic heterocycles. The fourth-order valence-electron chi connectivity index (χ4n) is 1.72. The molecule has 0 saturated heterocycles. The Hall–Kier alpha value is -1.85. The van der Waals surface area contributed by atoms with Crippen LogP contribution in [0.2, 0.25) is 0 Å². The van der Waals surface area contributed by atoms with Crippen molar-refractivity contribution in [2.24, 2.45) is 0 Å². The number of carbonyl (C=O) groups is 1. The van der Waals surface area contributed by atoms with Gasteiger partial charge in [-0.3, -0.25) is 4.79 Å². The van der Waals surface area contributed by atoms with E-state index in [2.05, 4.69) is 32.8 Å². The number of nitrogens with one attached hydrogen (secondary N) is 3. The Labute approximate surface area is 113 Å². The normalized spacial score (nSPS) is 14.0. The summed E-state index contributed by atoms with van der Waals surface area (Å²) in [5.41, 5.74) is 0.940. The molecule has 1 heterocycles. The van der Waals surface area contributed by atoms with Gasteiger partial charge in [-0.1, -0.05) is 6.92 Å². The van der Waals surface area contributed by atoms with Crippen LogP contribution >= 0.6 is 0 Å². The van der Waals surface area contributed by atoms with E-state index in [1.807, 2.05) is 6.92 Å². The number of aromatic nitrogens is 2. The zero-order chi connectivity index (χ0) is 13.7. The molecule has 104 valence electrons. The SMILES string of the molecule is CCCNc1ncnc(NCC(=O)NC2CC2)c1C. The third-order valence-corrected chi connectivity index (χ3v) is 2.99. The highest BCUT2D eigenvalue weighted by Crippen LogP contribution is 2.19. The van der Waals surface area contributed by atoms with Gasteiger partial charge in [0.15, 0.2) is 0 Å². The Bertz CT molecular complexity index is 445. The monoisotopic (exact) mass is 263 g/mol. The van der Waals surface area contributed by atoms with Crippen LogP contribution in [0.3, 0.4) is 0 Å². The maximum absolute atomic E-state index is 11.6. The lowest BCUT2D eigenvalue weighted by Gasteiger charge is -2.12. The summed E-state index contributed by atoms with van der Waals surface area (Å²) in [6.07, 6.45) is 4.74. The van der Waals surface area contributed by atoms with E-state index in [0.717, 1.165) is 37.2 Å². The molecule has 1 saturated carbocycles. The molecule has 1 fully saturated rings. The van der Waals surface area contributed by atoms with Crippen LogP contribution in [-0.4, -0.2) is 35.0 Å². The average Bonchev–Trinajstić information content (AvgIpc) is 3.20. The second-order valence-electron chi connectivity index (χ2n) is 4.82. The molecule has 0 atom stereocenters. The molecule has 6 heteroatoms. The van der Waals surface area contributed by atoms with Crippen molar-refractivity contribution in [2.75, 3.05) is 23.7 Å². The highest BCUT2D eigenvalue weighted by Gasteiger charge is 2.23. The zero-order valence-electron chi connectivity index (χ0n) is 11.5. The minimum atomic E-state index is 0.0172. The molecule has 1 aromatic rings. The van der Waals surface area contributed by atoms with Gasteiger partial charge >= 0.3 is 0 Å². The van der Waals surface area contributed by atoms with Gasteiger partial charge in [0.1, 0.15) is 18.0 Å². The van der Waals surface area contributed by atoms with E-state index in [-0.39, 0.29) is 12.5 Å². The summed E-state index contributed by atoms with van der Waals surface area (Å²) in [6, 6.07) is 0.391. The first-order valence-corrected chi connectivity index (χ1v) is 6.79. The summed E-state index contributed by atoms with van der Waals surface area (Å²) < 4.78 is 0. The molecule has 0 aromatic carbocycles. The standard InChI is InChI=1S/C13H21N5O/c1-3-6-14-12-9(2)13(17-8-16-12)15-7-11(19)18-10-4-5-10/h8,10H,3-7H2,1-2H3,(H,18,19)(H2,14,15,16,17). The van der Waals surface area contributed by atoms with E-state index in [1.54, 1.807) is 0 Å². The lowest BCUT2D eigenvalue weighted by atomic mass is 10.3.